The monoisotopic (exact) mass is 243 g/mol. The number of amides is 2. The molecule has 1 unspecified atom stereocenters. The lowest BCUT2D eigenvalue weighted by molar-refractivity contribution is -0.147. The lowest BCUT2D eigenvalue weighted by Gasteiger charge is -2.43. The maximum Gasteiger partial charge on any atom is 0.246 e. The van der Waals surface area contributed by atoms with E-state index < -0.39 is 5.54 Å². The summed E-state index contributed by atoms with van der Waals surface area (Å²) in [6.07, 6.45) is 0.499. The number of hydrogen-bond donors (Lipinski definition) is 2. The first-order valence-corrected chi connectivity index (χ1v) is 5.55. The molecule has 1 heterocycles. The smallest absolute Gasteiger partial charge is 0.246 e. The molecule has 90 valence electrons. The Morgan fingerprint density at radius 1 is 1.62 bits per heavy atom. The molecule has 3 N–H and O–H groups in total. The normalized spacial score (nSPS) is 22.7. The van der Waals surface area contributed by atoms with Gasteiger partial charge in [0.05, 0.1) is 17.1 Å². The van der Waals surface area contributed by atoms with Crippen molar-refractivity contribution in [1.82, 2.24) is 10.2 Å². The highest BCUT2D eigenvalue weighted by Crippen LogP contribution is 2.22. The van der Waals surface area contributed by atoms with Gasteiger partial charge in [-0.1, -0.05) is 12.2 Å². The van der Waals surface area contributed by atoms with Crippen LogP contribution in [0.3, 0.4) is 0 Å². The van der Waals surface area contributed by atoms with Crippen LogP contribution in [0.1, 0.15) is 27.2 Å². The minimum absolute atomic E-state index is 0.0255. The molecule has 0 radical (unpaired) electrons. The van der Waals surface area contributed by atoms with Gasteiger partial charge in [0.25, 0.3) is 0 Å². The molecule has 1 aliphatic rings. The number of nitrogens with zero attached hydrogens (tertiary/aromatic N) is 1. The molecular weight excluding hydrogens is 226 g/mol. The van der Waals surface area contributed by atoms with E-state index in [4.69, 9.17) is 18.0 Å². The Morgan fingerprint density at radius 3 is 2.69 bits per heavy atom. The van der Waals surface area contributed by atoms with E-state index in [1.807, 2.05) is 11.8 Å². The molecule has 0 aromatic rings. The fourth-order valence-electron chi connectivity index (χ4n) is 1.91. The molecule has 1 aliphatic heterocycles. The molecule has 16 heavy (non-hydrogen) atoms. The quantitative estimate of drug-likeness (QED) is 0.530. The van der Waals surface area contributed by atoms with Gasteiger partial charge >= 0.3 is 0 Å². The number of piperazine rings is 1. The average Bonchev–Trinajstić information content (AvgIpc) is 2.10. The molecule has 0 saturated carbocycles. The first kappa shape index (κ1) is 13.1. The van der Waals surface area contributed by atoms with Gasteiger partial charge in [-0.3, -0.25) is 19.8 Å². The Bertz CT molecular complexity index is 341. The highest BCUT2D eigenvalue weighted by Gasteiger charge is 2.42. The van der Waals surface area contributed by atoms with Crippen molar-refractivity contribution in [2.24, 2.45) is 5.73 Å². The van der Waals surface area contributed by atoms with Gasteiger partial charge in [-0.25, -0.2) is 0 Å². The van der Waals surface area contributed by atoms with E-state index in [1.165, 1.54) is 0 Å². The van der Waals surface area contributed by atoms with Gasteiger partial charge in [0.1, 0.15) is 0 Å². The van der Waals surface area contributed by atoms with Crippen LogP contribution >= 0.6 is 12.2 Å². The molecule has 0 bridgehead atoms. The SMILES string of the molecule is CC(CC(N)=S)N1CC(=O)NC(=O)C1(C)C. The average molecular weight is 243 g/mol. The summed E-state index contributed by atoms with van der Waals surface area (Å²) < 4.78 is 0. The highest BCUT2D eigenvalue weighted by molar-refractivity contribution is 7.80. The van der Waals surface area contributed by atoms with E-state index in [0.29, 0.717) is 11.4 Å². The number of carbonyl (C=O) groups is 2. The van der Waals surface area contributed by atoms with Crippen molar-refractivity contribution >= 4 is 29.0 Å². The first-order valence-electron chi connectivity index (χ1n) is 5.14. The van der Waals surface area contributed by atoms with Crippen LogP contribution in [0.15, 0.2) is 0 Å². The van der Waals surface area contributed by atoms with Crippen molar-refractivity contribution < 1.29 is 9.59 Å². The van der Waals surface area contributed by atoms with Gasteiger partial charge in [0.2, 0.25) is 11.8 Å². The topological polar surface area (TPSA) is 75.4 Å². The zero-order chi connectivity index (χ0) is 12.5. The maximum absolute atomic E-state index is 11.7. The molecule has 0 aromatic heterocycles. The van der Waals surface area contributed by atoms with E-state index in [0.717, 1.165) is 0 Å². The summed E-state index contributed by atoms with van der Waals surface area (Å²) in [4.78, 5) is 25.2. The van der Waals surface area contributed by atoms with Gasteiger partial charge < -0.3 is 5.73 Å². The van der Waals surface area contributed by atoms with Crippen molar-refractivity contribution in [3.05, 3.63) is 0 Å². The minimum atomic E-state index is -0.710. The third-order valence-electron chi connectivity index (χ3n) is 2.87. The number of nitrogens with two attached hydrogens (primary N) is 1. The van der Waals surface area contributed by atoms with Crippen molar-refractivity contribution in [1.29, 1.82) is 0 Å². The van der Waals surface area contributed by atoms with E-state index >= 15 is 0 Å². The molecule has 6 heteroatoms. The molecule has 1 atom stereocenters. The number of thiocarbonyl (C=S) groups is 1. The summed E-state index contributed by atoms with van der Waals surface area (Å²) in [6.45, 7) is 5.67. The number of rotatable bonds is 3. The summed E-state index contributed by atoms with van der Waals surface area (Å²) in [5.74, 6) is -0.558. The number of nitrogens with one attached hydrogen (secondary N) is 1. The van der Waals surface area contributed by atoms with Crippen LogP contribution in [0, 0.1) is 0 Å². The molecule has 1 rings (SSSR count). The minimum Gasteiger partial charge on any atom is -0.393 e. The summed E-state index contributed by atoms with van der Waals surface area (Å²) in [5.41, 5.74) is 4.77. The molecule has 0 spiro atoms. The van der Waals surface area contributed by atoms with Crippen molar-refractivity contribution in [2.45, 2.75) is 38.8 Å². The Kier molecular flexibility index (Phi) is 3.64. The lowest BCUT2D eigenvalue weighted by Crippen LogP contribution is -2.66. The molecule has 2 amide bonds. The van der Waals surface area contributed by atoms with Crippen molar-refractivity contribution in [3.63, 3.8) is 0 Å². The Labute approximate surface area is 100 Å². The fraction of sp³-hybridized carbons (Fsp3) is 0.700. The molecule has 1 saturated heterocycles. The Hall–Kier alpha value is -1.01. The second-order valence-electron chi connectivity index (χ2n) is 4.58. The first-order chi connectivity index (χ1) is 7.25. The van der Waals surface area contributed by atoms with Crippen LogP contribution in [-0.4, -0.2) is 39.8 Å². The predicted octanol–water partition coefficient (Wildman–Crippen LogP) is -0.212. The van der Waals surface area contributed by atoms with E-state index in [9.17, 15) is 9.59 Å². The van der Waals surface area contributed by atoms with Crippen molar-refractivity contribution in [2.75, 3.05) is 6.54 Å². The molecule has 5 nitrogen and oxygen atoms in total. The molecule has 1 fully saturated rings. The standard InChI is InChI=1S/C10H17N3O2S/c1-6(4-7(11)16)13-5-8(14)12-9(15)10(13,2)3/h6H,4-5H2,1-3H3,(H2,11,16)(H,12,14,15). The van der Waals surface area contributed by atoms with Gasteiger partial charge in [-0.05, 0) is 20.8 Å². The number of carbonyl (C=O) groups excluding carboxylic acids is 2. The highest BCUT2D eigenvalue weighted by atomic mass is 32.1. The summed E-state index contributed by atoms with van der Waals surface area (Å²) in [5, 5.41) is 2.32. The van der Waals surface area contributed by atoms with Crippen LogP contribution in [0.25, 0.3) is 0 Å². The third kappa shape index (κ3) is 2.56. The largest absolute Gasteiger partial charge is 0.393 e. The van der Waals surface area contributed by atoms with Crippen LogP contribution in [-0.2, 0) is 9.59 Å². The van der Waals surface area contributed by atoms with E-state index in [1.54, 1.807) is 13.8 Å². The molecule has 0 aliphatic carbocycles. The summed E-state index contributed by atoms with van der Waals surface area (Å²) in [7, 11) is 0. The Balaban J connectivity index is 2.87. The third-order valence-corrected chi connectivity index (χ3v) is 3.04. The van der Waals surface area contributed by atoms with Crippen LogP contribution in [0.4, 0.5) is 0 Å². The van der Waals surface area contributed by atoms with Crippen molar-refractivity contribution in [3.8, 4) is 0 Å². The second kappa shape index (κ2) is 4.47. The predicted molar refractivity (Wildman–Crippen MR) is 64.8 cm³/mol. The molecular formula is C10H17N3O2S. The lowest BCUT2D eigenvalue weighted by atomic mass is 9.95. The van der Waals surface area contributed by atoms with Gasteiger partial charge in [0, 0.05) is 12.5 Å². The second-order valence-corrected chi connectivity index (χ2v) is 5.11. The van der Waals surface area contributed by atoms with Crippen LogP contribution in [0.2, 0.25) is 0 Å². The fourth-order valence-corrected chi connectivity index (χ4v) is 2.15. The van der Waals surface area contributed by atoms with Gasteiger partial charge in [-0.2, -0.15) is 0 Å². The van der Waals surface area contributed by atoms with Gasteiger partial charge in [-0.15, -0.1) is 0 Å². The van der Waals surface area contributed by atoms with E-state index in [-0.39, 0.29) is 24.4 Å². The van der Waals surface area contributed by atoms with Crippen LogP contribution in [0.5, 0.6) is 0 Å². The Morgan fingerprint density at radius 2 is 2.19 bits per heavy atom. The molecule has 0 aromatic carbocycles. The summed E-state index contributed by atoms with van der Waals surface area (Å²) >= 11 is 4.84. The number of hydrogen-bond acceptors (Lipinski definition) is 4. The van der Waals surface area contributed by atoms with Crippen LogP contribution < -0.4 is 11.1 Å². The summed E-state index contributed by atoms with van der Waals surface area (Å²) in [6, 6.07) is -0.0255. The number of imide groups is 1. The maximum atomic E-state index is 11.7. The zero-order valence-corrected chi connectivity index (χ0v) is 10.6. The zero-order valence-electron chi connectivity index (χ0n) is 9.74. The van der Waals surface area contributed by atoms with Gasteiger partial charge in [0.15, 0.2) is 0 Å². The van der Waals surface area contributed by atoms with E-state index in [2.05, 4.69) is 5.32 Å².